The van der Waals surface area contributed by atoms with Crippen molar-refractivity contribution in [2.45, 2.75) is 57.7 Å². The number of benzene rings is 2. The van der Waals surface area contributed by atoms with Crippen LogP contribution in [0.4, 0.5) is 5.69 Å². The van der Waals surface area contributed by atoms with Gasteiger partial charge in [-0.3, -0.25) is 13.9 Å². The van der Waals surface area contributed by atoms with Crippen LogP contribution in [0, 0.1) is 0 Å². The summed E-state index contributed by atoms with van der Waals surface area (Å²) < 4.78 is 36.8. The van der Waals surface area contributed by atoms with Gasteiger partial charge in [0.25, 0.3) is 0 Å². The number of hydrogen-bond donors (Lipinski definition) is 1. The number of anilines is 1. The maximum Gasteiger partial charge on any atom is 0.244 e. The number of sulfonamides is 1. The van der Waals surface area contributed by atoms with E-state index >= 15 is 0 Å². The van der Waals surface area contributed by atoms with Crippen LogP contribution in [-0.2, 0) is 26.2 Å². The maximum atomic E-state index is 13.7. The summed E-state index contributed by atoms with van der Waals surface area (Å²) in [6, 6.07) is 12.9. The molecule has 2 aromatic carbocycles. The summed E-state index contributed by atoms with van der Waals surface area (Å²) in [5, 5.41) is 3.09. The molecule has 1 aliphatic rings. The van der Waals surface area contributed by atoms with Crippen molar-refractivity contribution in [2.24, 2.45) is 0 Å². The van der Waals surface area contributed by atoms with Gasteiger partial charge in [0.05, 0.1) is 26.2 Å². The van der Waals surface area contributed by atoms with E-state index in [0.29, 0.717) is 17.2 Å². The highest BCUT2D eigenvalue weighted by molar-refractivity contribution is 7.92. The van der Waals surface area contributed by atoms with Crippen molar-refractivity contribution in [1.29, 1.82) is 0 Å². The zero-order valence-corrected chi connectivity index (χ0v) is 22.8. The van der Waals surface area contributed by atoms with E-state index in [-0.39, 0.29) is 18.5 Å². The molecule has 0 unspecified atom stereocenters. The van der Waals surface area contributed by atoms with Crippen molar-refractivity contribution in [1.82, 2.24) is 10.2 Å². The van der Waals surface area contributed by atoms with Crippen LogP contribution >= 0.6 is 0 Å². The van der Waals surface area contributed by atoms with E-state index in [2.05, 4.69) is 5.32 Å². The van der Waals surface area contributed by atoms with Gasteiger partial charge in [0.1, 0.15) is 24.1 Å². The third-order valence-corrected chi connectivity index (χ3v) is 7.81. The van der Waals surface area contributed by atoms with Crippen LogP contribution in [0.15, 0.2) is 48.5 Å². The molecule has 1 saturated carbocycles. The lowest BCUT2D eigenvalue weighted by Gasteiger charge is -2.33. The van der Waals surface area contributed by atoms with Crippen LogP contribution in [0.25, 0.3) is 0 Å². The van der Waals surface area contributed by atoms with Gasteiger partial charge in [-0.2, -0.15) is 0 Å². The fraction of sp³-hybridized carbons (Fsp3) is 0.481. The predicted octanol–water partition coefficient (Wildman–Crippen LogP) is 3.34. The van der Waals surface area contributed by atoms with E-state index in [9.17, 15) is 18.0 Å². The van der Waals surface area contributed by atoms with Crippen molar-refractivity contribution >= 4 is 27.5 Å². The molecule has 2 amide bonds. The summed E-state index contributed by atoms with van der Waals surface area (Å²) in [5.41, 5.74) is 1.13. The fourth-order valence-corrected chi connectivity index (χ4v) is 5.29. The fourth-order valence-electron chi connectivity index (χ4n) is 4.44. The zero-order valence-electron chi connectivity index (χ0n) is 22.0. The first kappa shape index (κ1) is 28.3. The molecule has 10 heteroatoms. The van der Waals surface area contributed by atoms with Gasteiger partial charge in [0.15, 0.2) is 0 Å². The number of methoxy groups -OCH3 is 2. The average molecular weight is 532 g/mol. The van der Waals surface area contributed by atoms with E-state index < -0.39 is 28.5 Å². The van der Waals surface area contributed by atoms with Gasteiger partial charge in [-0.1, -0.05) is 31.4 Å². The van der Waals surface area contributed by atoms with Crippen molar-refractivity contribution in [3.63, 3.8) is 0 Å². The summed E-state index contributed by atoms with van der Waals surface area (Å²) >= 11 is 0. The van der Waals surface area contributed by atoms with Gasteiger partial charge in [-0.05, 0) is 61.7 Å². The first-order valence-corrected chi connectivity index (χ1v) is 14.3. The molecule has 202 valence electrons. The highest BCUT2D eigenvalue weighted by atomic mass is 32.2. The SMILES string of the molecule is COc1ccc(CN(C(=O)CN(c2ccc(OC)cc2)S(C)(=O)=O)[C@H](C)C(=O)NC2CCCCC2)cc1. The van der Waals surface area contributed by atoms with Gasteiger partial charge in [0.2, 0.25) is 21.8 Å². The number of ether oxygens (including phenoxy) is 2. The van der Waals surface area contributed by atoms with Crippen LogP contribution in [0.3, 0.4) is 0 Å². The minimum atomic E-state index is -3.79. The second-order valence-corrected chi connectivity index (χ2v) is 11.3. The van der Waals surface area contributed by atoms with Crippen molar-refractivity contribution in [3.8, 4) is 11.5 Å². The molecular weight excluding hydrogens is 494 g/mol. The van der Waals surface area contributed by atoms with Crippen LogP contribution in [0.5, 0.6) is 11.5 Å². The molecular formula is C27H37N3O6S. The molecule has 2 aromatic rings. The minimum Gasteiger partial charge on any atom is -0.497 e. The summed E-state index contributed by atoms with van der Waals surface area (Å²) in [7, 11) is -0.700. The number of amides is 2. The predicted molar refractivity (Wildman–Crippen MR) is 143 cm³/mol. The quantitative estimate of drug-likeness (QED) is 0.477. The van der Waals surface area contributed by atoms with Crippen molar-refractivity contribution in [2.75, 3.05) is 31.3 Å². The Morgan fingerprint density at radius 2 is 1.49 bits per heavy atom. The minimum absolute atomic E-state index is 0.0912. The molecule has 9 nitrogen and oxygen atoms in total. The molecule has 0 bridgehead atoms. The summed E-state index contributed by atoms with van der Waals surface area (Å²) in [6.07, 6.45) is 6.20. The van der Waals surface area contributed by atoms with Crippen LogP contribution in [-0.4, -0.2) is 64.2 Å². The summed E-state index contributed by atoms with van der Waals surface area (Å²) in [6.45, 7) is 1.38. The number of rotatable bonds is 11. The third kappa shape index (κ3) is 7.85. The van der Waals surface area contributed by atoms with E-state index in [1.165, 1.54) is 12.0 Å². The summed E-state index contributed by atoms with van der Waals surface area (Å²) in [5.74, 6) is 0.512. The van der Waals surface area contributed by atoms with Gasteiger partial charge in [-0.15, -0.1) is 0 Å². The number of nitrogens with zero attached hydrogens (tertiary/aromatic N) is 2. The monoisotopic (exact) mass is 531 g/mol. The zero-order chi connectivity index (χ0) is 27.0. The van der Waals surface area contributed by atoms with E-state index in [1.807, 2.05) is 12.1 Å². The first-order valence-electron chi connectivity index (χ1n) is 12.5. The lowest BCUT2D eigenvalue weighted by Crippen LogP contribution is -2.52. The Balaban J connectivity index is 1.86. The van der Waals surface area contributed by atoms with Gasteiger partial charge < -0.3 is 19.7 Å². The largest absolute Gasteiger partial charge is 0.497 e. The molecule has 1 N–H and O–H groups in total. The summed E-state index contributed by atoms with van der Waals surface area (Å²) in [4.78, 5) is 28.3. The molecule has 0 aliphatic heterocycles. The molecule has 0 saturated heterocycles. The number of carbonyl (C=O) groups excluding carboxylic acids is 2. The molecule has 37 heavy (non-hydrogen) atoms. The lowest BCUT2D eigenvalue weighted by atomic mass is 9.95. The van der Waals surface area contributed by atoms with E-state index in [4.69, 9.17) is 9.47 Å². The second kappa shape index (κ2) is 12.8. The Kier molecular flexibility index (Phi) is 9.79. The highest BCUT2D eigenvalue weighted by Crippen LogP contribution is 2.23. The standard InChI is InChI=1S/C27H37N3O6S/c1-20(27(32)28-22-8-6-5-7-9-22)29(18-21-10-14-24(35-2)15-11-21)26(31)19-30(37(4,33)34)23-12-16-25(36-3)17-13-23/h10-17,20,22H,5-9,18-19H2,1-4H3,(H,28,32)/t20-/m1/s1. The Bertz CT molecular complexity index is 1150. The maximum absolute atomic E-state index is 13.7. The Labute approximate surface area is 219 Å². The lowest BCUT2D eigenvalue weighted by molar-refractivity contribution is -0.139. The normalized spacial score (nSPS) is 14.9. The second-order valence-electron chi connectivity index (χ2n) is 9.36. The number of hydrogen-bond acceptors (Lipinski definition) is 6. The van der Waals surface area contributed by atoms with Crippen LogP contribution < -0.4 is 19.1 Å². The molecule has 1 atom stereocenters. The number of nitrogens with one attached hydrogen (secondary N) is 1. The van der Waals surface area contributed by atoms with Gasteiger partial charge in [0, 0.05) is 12.6 Å². The van der Waals surface area contributed by atoms with Crippen molar-refractivity contribution < 1.29 is 27.5 Å². The highest BCUT2D eigenvalue weighted by Gasteiger charge is 2.31. The topological polar surface area (TPSA) is 105 Å². The first-order chi connectivity index (χ1) is 17.6. The molecule has 0 spiro atoms. The number of carbonyl (C=O) groups is 2. The Hall–Kier alpha value is -3.27. The average Bonchev–Trinajstić information content (AvgIpc) is 2.90. The molecule has 1 aliphatic carbocycles. The molecule has 0 aromatic heterocycles. The van der Waals surface area contributed by atoms with E-state index in [0.717, 1.165) is 48.2 Å². The molecule has 0 heterocycles. The van der Waals surface area contributed by atoms with Crippen molar-refractivity contribution in [3.05, 3.63) is 54.1 Å². The smallest absolute Gasteiger partial charge is 0.244 e. The molecule has 3 rings (SSSR count). The van der Waals surface area contributed by atoms with Crippen LogP contribution in [0.1, 0.15) is 44.6 Å². The van der Waals surface area contributed by atoms with Gasteiger partial charge in [-0.25, -0.2) is 8.42 Å². The van der Waals surface area contributed by atoms with E-state index in [1.54, 1.807) is 50.4 Å². The Morgan fingerprint density at radius 3 is 2.00 bits per heavy atom. The molecule has 0 radical (unpaired) electrons. The molecule has 1 fully saturated rings. The van der Waals surface area contributed by atoms with Crippen LogP contribution in [0.2, 0.25) is 0 Å². The third-order valence-electron chi connectivity index (χ3n) is 6.67. The van der Waals surface area contributed by atoms with Gasteiger partial charge >= 0.3 is 0 Å². The Morgan fingerprint density at radius 1 is 0.946 bits per heavy atom.